The first-order valence-corrected chi connectivity index (χ1v) is 8.15. The molecule has 3 rings (SSSR count). The largest absolute Gasteiger partial charge is 0.467 e. The van der Waals surface area contributed by atoms with Crippen molar-refractivity contribution in [1.82, 2.24) is 4.90 Å². The number of benzene rings is 1. The van der Waals surface area contributed by atoms with Crippen molar-refractivity contribution in [2.45, 2.75) is 19.4 Å². The molecule has 5 heteroatoms. The van der Waals surface area contributed by atoms with Gasteiger partial charge in [-0.05, 0) is 32.0 Å². The summed E-state index contributed by atoms with van der Waals surface area (Å²) < 4.78 is 10.2. The minimum absolute atomic E-state index is 0.0697. The van der Waals surface area contributed by atoms with Gasteiger partial charge in [-0.25, -0.2) is 4.79 Å². The molecular weight excluding hydrogens is 306 g/mol. The second-order valence-corrected chi connectivity index (χ2v) is 6.03. The van der Waals surface area contributed by atoms with E-state index in [1.54, 1.807) is 6.07 Å². The van der Waals surface area contributed by atoms with Gasteiger partial charge in [-0.3, -0.25) is 9.69 Å². The fourth-order valence-electron chi connectivity index (χ4n) is 3.15. The van der Waals surface area contributed by atoms with Crippen LogP contribution in [-0.2, 0) is 11.3 Å². The molecule has 2 heterocycles. The molecule has 0 unspecified atom stereocenters. The van der Waals surface area contributed by atoms with E-state index >= 15 is 0 Å². The fourth-order valence-corrected chi connectivity index (χ4v) is 3.15. The fraction of sp³-hybridized carbons (Fsp3) is 0.368. The van der Waals surface area contributed by atoms with Gasteiger partial charge in [0, 0.05) is 11.5 Å². The zero-order valence-electron chi connectivity index (χ0n) is 13.7. The van der Waals surface area contributed by atoms with Crippen LogP contribution >= 0.6 is 0 Å². The quantitative estimate of drug-likeness (QED) is 0.623. The Labute approximate surface area is 141 Å². The van der Waals surface area contributed by atoms with Crippen molar-refractivity contribution in [2.24, 2.45) is 5.92 Å². The van der Waals surface area contributed by atoms with Gasteiger partial charge in [-0.15, -0.1) is 0 Å². The SMILES string of the molecule is COC(=O)c1ccoc1CN1CCC(C(=O)c2ccccc2)CC1. The van der Waals surface area contributed by atoms with E-state index in [0.717, 1.165) is 31.5 Å². The lowest BCUT2D eigenvalue weighted by Gasteiger charge is -2.30. The van der Waals surface area contributed by atoms with Crippen molar-refractivity contribution in [3.63, 3.8) is 0 Å². The van der Waals surface area contributed by atoms with E-state index in [4.69, 9.17) is 9.15 Å². The first-order valence-electron chi connectivity index (χ1n) is 8.15. The summed E-state index contributed by atoms with van der Waals surface area (Å²) in [6.07, 6.45) is 3.15. The number of ether oxygens (including phenoxy) is 1. The van der Waals surface area contributed by atoms with Gasteiger partial charge in [0.1, 0.15) is 11.3 Å². The van der Waals surface area contributed by atoms with Crippen LogP contribution in [0.1, 0.15) is 39.3 Å². The Hall–Kier alpha value is -2.40. The molecule has 0 bridgehead atoms. The van der Waals surface area contributed by atoms with Crippen molar-refractivity contribution < 1.29 is 18.7 Å². The number of carbonyl (C=O) groups is 2. The summed E-state index contributed by atoms with van der Waals surface area (Å²) in [6.45, 7) is 2.18. The minimum Gasteiger partial charge on any atom is -0.467 e. The lowest BCUT2D eigenvalue weighted by molar-refractivity contribution is 0.0595. The Bertz CT molecular complexity index is 699. The van der Waals surface area contributed by atoms with Crippen molar-refractivity contribution in [3.8, 4) is 0 Å². The van der Waals surface area contributed by atoms with Gasteiger partial charge >= 0.3 is 5.97 Å². The number of esters is 1. The molecule has 0 atom stereocenters. The predicted molar refractivity (Wildman–Crippen MR) is 88.8 cm³/mol. The molecule has 1 aliphatic heterocycles. The molecule has 24 heavy (non-hydrogen) atoms. The number of carbonyl (C=O) groups excluding carboxylic acids is 2. The maximum absolute atomic E-state index is 12.5. The summed E-state index contributed by atoms with van der Waals surface area (Å²) in [7, 11) is 1.36. The first kappa shape index (κ1) is 16.5. The maximum atomic E-state index is 12.5. The van der Waals surface area contributed by atoms with Gasteiger partial charge in [-0.1, -0.05) is 30.3 Å². The molecule has 126 valence electrons. The molecule has 1 aromatic heterocycles. The second kappa shape index (κ2) is 7.45. The monoisotopic (exact) mass is 327 g/mol. The van der Waals surface area contributed by atoms with E-state index in [1.165, 1.54) is 13.4 Å². The molecule has 5 nitrogen and oxygen atoms in total. The first-order chi connectivity index (χ1) is 11.7. The average molecular weight is 327 g/mol. The van der Waals surface area contributed by atoms with E-state index < -0.39 is 0 Å². The van der Waals surface area contributed by atoms with Gasteiger partial charge in [0.15, 0.2) is 5.78 Å². The highest BCUT2D eigenvalue weighted by Gasteiger charge is 2.27. The summed E-state index contributed by atoms with van der Waals surface area (Å²) in [4.78, 5) is 26.4. The van der Waals surface area contributed by atoms with Gasteiger partial charge in [-0.2, -0.15) is 0 Å². The van der Waals surface area contributed by atoms with Crippen molar-refractivity contribution in [2.75, 3.05) is 20.2 Å². The third-order valence-corrected chi connectivity index (χ3v) is 4.53. The zero-order valence-corrected chi connectivity index (χ0v) is 13.7. The van der Waals surface area contributed by atoms with Crippen LogP contribution in [-0.4, -0.2) is 36.9 Å². The number of rotatable bonds is 5. The second-order valence-electron chi connectivity index (χ2n) is 6.03. The van der Waals surface area contributed by atoms with Crippen molar-refractivity contribution in [1.29, 1.82) is 0 Å². The standard InChI is InChI=1S/C19H21NO4/c1-23-19(22)16-9-12-24-17(16)13-20-10-7-15(8-11-20)18(21)14-5-3-2-4-6-14/h2-6,9,12,15H,7-8,10-11,13H2,1H3. The molecule has 0 saturated carbocycles. The molecule has 1 saturated heterocycles. The Kier molecular flexibility index (Phi) is 5.11. The number of nitrogens with zero attached hydrogens (tertiary/aromatic N) is 1. The zero-order chi connectivity index (χ0) is 16.9. The topological polar surface area (TPSA) is 59.8 Å². The summed E-state index contributed by atoms with van der Waals surface area (Å²) in [5.41, 5.74) is 1.26. The van der Waals surface area contributed by atoms with Crippen LogP contribution in [0.15, 0.2) is 47.1 Å². The molecule has 2 aromatic rings. The molecule has 0 aliphatic carbocycles. The van der Waals surface area contributed by atoms with E-state index in [-0.39, 0.29) is 17.7 Å². The van der Waals surface area contributed by atoms with E-state index in [0.29, 0.717) is 17.9 Å². The van der Waals surface area contributed by atoms with Crippen LogP contribution in [0, 0.1) is 5.92 Å². The van der Waals surface area contributed by atoms with E-state index in [9.17, 15) is 9.59 Å². The lowest BCUT2D eigenvalue weighted by atomic mass is 9.89. The molecule has 0 spiro atoms. The smallest absolute Gasteiger partial charge is 0.341 e. The molecule has 0 amide bonds. The van der Waals surface area contributed by atoms with Gasteiger partial charge in [0.2, 0.25) is 0 Å². The van der Waals surface area contributed by atoms with E-state index in [1.807, 2.05) is 30.3 Å². The third kappa shape index (κ3) is 3.57. The highest BCUT2D eigenvalue weighted by molar-refractivity contribution is 5.97. The number of likely N-dealkylation sites (tertiary alicyclic amines) is 1. The number of furan rings is 1. The number of Topliss-reactive ketones (excluding diaryl/α,β-unsaturated/α-hetero) is 1. The number of hydrogen-bond donors (Lipinski definition) is 0. The van der Waals surface area contributed by atoms with E-state index in [2.05, 4.69) is 4.90 Å². The predicted octanol–water partition coefficient (Wildman–Crippen LogP) is 3.16. The van der Waals surface area contributed by atoms with Crippen LogP contribution in [0.3, 0.4) is 0 Å². The lowest BCUT2D eigenvalue weighted by Crippen LogP contribution is -2.36. The summed E-state index contributed by atoms with van der Waals surface area (Å²) in [6, 6.07) is 11.1. The summed E-state index contributed by atoms with van der Waals surface area (Å²) in [5.74, 6) is 0.534. The highest BCUT2D eigenvalue weighted by atomic mass is 16.5. The van der Waals surface area contributed by atoms with Crippen LogP contribution in [0.2, 0.25) is 0 Å². The molecule has 0 N–H and O–H groups in total. The van der Waals surface area contributed by atoms with Crippen molar-refractivity contribution >= 4 is 11.8 Å². The Morgan fingerprint density at radius 1 is 1.17 bits per heavy atom. The summed E-state index contributed by atoms with van der Waals surface area (Å²) in [5, 5.41) is 0. The Morgan fingerprint density at radius 3 is 2.54 bits per heavy atom. The highest BCUT2D eigenvalue weighted by Crippen LogP contribution is 2.24. The number of piperidine rings is 1. The molecule has 0 radical (unpaired) electrons. The van der Waals surface area contributed by atoms with Crippen LogP contribution in [0.25, 0.3) is 0 Å². The van der Waals surface area contributed by atoms with Crippen LogP contribution in [0.5, 0.6) is 0 Å². The third-order valence-electron chi connectivity index (χ3n) is 4.53. The number of methoxy groups -OCH3 is 1. The van der Waals surface area contributed by atoms with Crippen molar-refractivity contribution in [3.05, 3.63) is 59.5 Å². The van der Waals surface area contributed by atoms with Crippen LogP contribution < -0.4 is 0 Å². The molecule has 1 aliphatic rings. The van der Waals surface area contributed by atoms with Gasteiger partial charge in [0.05, 0.1) is 19.9 Å². The average Bonchev–Trinajstić information content (AvgIpc) is 3.10. The Balaban J connectivity index is 1.57. The maximum Gasteiger partial charge on any atom is 0.341 e. The Morgan fingerprint density at radius 2 is 1.88 bits per heavy atom. The van der Waals surface area contributed by atoms with Gasteiger partial charge in [0.25, 0.3) is 0 Å². The number of ketones is 1. The number of hydrogen-bond acceptors (Lipinski definition) is 5. The minimum atomic E-state index is -0.382. The summed E-state index contributed by atoms with van der Waals surface area (Å²) >= 11 is 0. The molecular formula is C19H21NO4. The molecule has 1 aromatic carbocycles. The molecule has 1 fully saturated rings. The van der Waals surface area contributed by atoms with Crippen LogP contribution in [0.4, 0.5) is 0 Å². The normalized spacial score (nSPS) is 16.0. The van der Waals surface area contributed by atoms with Gasteiger partial charge < -0.3 is 9.15 Å².